The van der Waals surface area contributed by atoms with E-state index < -0.39 is 9.84 Å². The molecule has 0 bridgehead atoms. The maximum Gasteiger partial charge on any atom is 0.203 e. The Balaban J connectivity index is 3.32. The van der Waals surface area contributed by atoms with Gasteiger partial charge in [-0.05, 0) is 25.0 Å². The highest BCUT2D eigenvalue weighted by atomic mass is 35.5. The van der Waals surface area contributed by atoms with Crippen molar-refractivity contribution >= 4 is 21.4 Å². The summed E-state index contributed by atoms with van der Waals surface area (Å²) in [7, 11) is -3.41. The van der Waals surface area contributed by atoms with Crippen molar-refractivity contribution in [3.8, 4) is 0 Å². The van der Waals surface area contributed by atoms with E-state index in [1.54, 1.807) is 37.3 Å². The Labute approximate surface area is 102 Å². The normalized spacial score (nSPS) is 13.4. The van der Waals surface area contributed by atoms with Crippen molar-refractivity contribution in [3.05, 3.63) is 40.3 Å². The van der Waals surface area contributed by atoms with Crippen LogP contribution in [0.15, 0.2) is 45.2 Å². The van der Waals surface area contributed by atoms with Gasteiger partial charge in [-0.2, -0.15) is 0 Å². The van der Waals surface area contributed by atoms with E-state index in [2.05, 4.69) is 0 Å². The summed E-state index contributed by atoms with van der Waals surface area (Å²) >= 11 is 5.97. The molecular weight excluding hydrogens is 244 g/mol. The van der Waals surface area contributed by atoms with Gasteiger partial charge >= 0.3 is 0 Å². The molecule has 1 aromatic rings. The summed E-state index contributed by atoms with van der Waals surface area (Å²) in [5.41, 5.74) is 0. The molecule has 0 aliphatic heterocycles. The van der Waals surface area contributed by atoms with Crippen LogP contribution in [0.25, 0.3) is 0 Å². The molecule has 16 heavy (non-hydrogen) atoms. The van der Waals surface area contributed by atoms with Crippen LogP contribution in [0.1, 0.15) is 26.7 Å². The summed E-state index contributed by atoms with van der Waals surface area (Å²) in [6.45, 7) is 3.65. The van der Waals surface area contributed by atoms with Crippen molar-refractivity contribution < 1.29 is 8.42 Å². The molecule has 0 amide bonds. The zero-order chi connectivity index (χ0) is 12.2. The zero-order valence-corrected chi connectivity index (χ0v) is 11.0. The molecule has 1 aromatic carbocycles. The standard InChI is InChI=1S/C12H15ClO2S/c1-3-11(13)12(4-2)16(14,15)10-8-6-5-7-9-10/h5-9H,3-4H2,1-2H3/b12-11+. The first-order valence-corrected chi connectivity index (χ1v) is 7.07. The lowest BCUT2D eigenvalue weighted by molar-refractivity contribution is 0.600. The van der Waals surface area contributed by atoms with Gasteiger partial charge in [-0.15, -0.1) is 0 Å². The molecule has 2 nitrogen and oxygen atoms in total. The summed E-state index contributed by atoms with van der Waals surface area (Å²) < 4.78 is 24.4. The van der Waals surface area contributed by atoms with Gasteiger partial charge in [0.2, 0.25) is 9.84 Å². The minimum absolute atomic E-state index is 0.304. The Morgan fingerprint density at radius 1 is 1.12 bits per heavy atom. The highest BCUT2D eigenvalue weighted by molar-refractivity contribution is 7.95. The van der Waals surface area contributed by atoms with Crippen LogP contribution in [0.5, 0.6) is 0 Å². The maximum absolute atomic E-state index is 12.2. The number of halogens is 1. The van der Waals surface area contributed by atoms with Crippen molar-refractivity contribution in [1.82, 2.24) is 0 Å². The van der Waals surface area contributed by atoms with Gasteiger partial charge in [0.25, 0.3) is 0 Å². The SMILES string of the molecule is CC/C(Cl)=C(/CC)S(=O)(=O)c1ccccc1. The fourth-order valence-corrected chi connectivity index (χ4v) is 3.52. The van der Waals surface area contributed by atoms with Crippen LogP contribution in [0.4, 0.5) is 0 Å². The van der Waals surface area contributed by atoms with Gasteiger partial charge < -0.3 is 0 Å². The fourth-order valence-electron chi connectivity index (χ4n) is 1.47. The van der Waals surface area contributed by atoms with E-state index >= 15 is 0 Å². The number of hydrogen-bond donors (Lipinski definition) is 0. The minimum atomic E-state index is -3.41. The fraction of sp³-hybridized carbons (Fsp3) is 0.333. The van der Waals surface area contributed by atoms with E-state index in [4.69, 9.17) is 11.6 Å². The Bertz CT molecular complexity index is 475. The lowest BCUT2D eigenvalue weighted by atomic mass is 10.3. The molecule has 1 rings (SSSR count). The van der Waals surface area contributed by atoms with E-state index in [9.17, 15) is 8.42 Å². The maximum atomic E-state index is 12.2. The molecule has 0 saturated heterocycles. The number of allylic oxidation sites excluding steroid dienone is 2. The zero-order valence-electron chi connectivity index (χ0n) is 9.40. The highest BCUT2D eigenvalue weighted by Gasteiger charge is 2.21. The van der Waals surface area contributed by atoms with Crippen molar-refractivity contribution in [2.45, 2.75) is 31.6 Å². The monoisotopic (exact) mass is 258 g/mol. The molecule has 0 atom stereocenters. The third-order valence-electron chi connectivity index (χ3n) is 2.31. The van der Waals surface area contributed by atoms with E-state index in [0.29, 0.717) is 27.7 Å². The van der Waals surface area contributed by atoms with Crippen molar-refractivity contribution in [2.75, 3.05) is 0 Å². The third kappa shape index (κ3) is 2.66. The predicted octanol–water partition coefficient (Wildman–Crippen LogP) is 3.73. The van der Waals surface area contributed by atoms with Gasteiger partial charge in [0, 0.05) is 5.03 Å². The van der Waals surface area contributed by atoms with Crippen molar-refractivity contribution in [1.29, 1.82) is 0 Å². The highest BCUT2D eigenvalue weighted by Crippen LogP contribution is 2.27. The van der Waals surface area contributed by atoms with Crippen LogP contribution in [-0.2, 0) is 9.84 Å². The van der Waals surface area contributed by atoms with Crippen LogP contribution in [0.3, 0.4) is 0 Å². The van der Waals surface area contributed by atoms with Crippen LogP contribution in [-0.4, -0.2) is 8.42 Å². The van der Waals surface area contributed by atoms with E-state index in [1.165, 1.54) is 0 Å². The van der Waals surface area contributed by atoms with Crippen LogP contribution in [0.2, 0.25) is 0 Å². The van der Waals surface area contributed by atoms with Gasteiger partial charge in [-0.3, -0.25) is 0 Å². The molecule has 0 aliphatic carbocycles. The Hall–Kier alpha value is -0.800. The topological polar surface area (TPSA) is 34.1 Å². The third-order valence-corrected chi connectivity index (χ3v) is 5.00. The molecule has 0 aliphatic rings. The van der Waals surface area contributed by atoms with Crippen molar-refractivity contribution in [2.24, 2.45) is 0 Å². The van der Waals surface area contributed by atoms with Crippen LogP contribution in [0, 0.1) is 0 Å². The molecule has 0 heterocycles. The van der Waals surface area contributed by atoms with Crippen LogP contribution < -0.4 is 0 Å². The molecule has 0 aromatic heterocycles. The summed E-state index contributed by atoms with van der Waals surface area (Å²) in [6.07, 6.45) is 0.959. The van der Waals surface area contributed by atoms with Gasteiger partial charge in [-0.25, -0.2) is 8.42 Å². The molecule has 4 heteroatoms. The molecular formula is C12H15ClO2S. The van der Waals surface area contributed by atoms with Crippen molar-refractivity contribution in [3.63, 3.8) is 0 Å². The Kier molecular flexibility index (Phi) is 4.56. The first kappa shape index (κ1) is 13.3. The van der Waals surface area contributed by atoms with Gasteiger partial charge in [0.1, 0.15) is 0 Å². The van der Waals surface area contributed by atoms with E-state index in [1.807, 2.05) is 6.92 Å². The second kappa shape index (κ2) is 5.51. The molecule has 0 fully saturated rings. The summed E-state index contributed by atoms with van der Waals surface area (Å²) in [5.74, 6) is 0. The predicted molar refractivity (Wildman–Crippen MR) is 67.1 cm³/mol. The van der Waals surface area contributed by atoms with E-state index in [0.717, 1.165) is 0 Å². The lowest BCUT2D eigenvalue weighted by Crippen LogP contribution is -2.05. The number of hydrogen-bond acceptors (Lipinski definition) is 2. The summed E-state index contributed by atoms with van der Waals surface area (Å²) in [5, 5.41) is 0.423. The smallest absolute Gasteiger partial charge is 0.203 e. The number of rotatable bonds is 4. The molecule has 0 spiro atoms. The summed E-state index contributed by atoms with van der Waals surface area (Å²) in [6, 6.07) is 8.38. The van der Waals surface area contributed by atoms with Crippen LogP contribution >= 0.6 is 11.6 Å². The first-order chi connectivity index (χ1) is 7.54. The first-order valence-electron chi connectivity index (χ1n) is 5.21. The van der Waals surface area contributed by atoms with Gasteiger partial charge in [-0.1, -0.05) is 43.6 Å². The minimum Gasteiger partial charge on any atom is -0.219 e. The quantitative estimate of drug-likeness (QED) is 0.825. The van der Waals surface area contributed by atoms with Gasteiger partial charge in [0.15, 0.2) is 0 Å². The second-order valence-corrected chi connectivity index (χ2v) is 5.78. The Morgan fingerprint density at radius 3 is 2.12 bits per heavy atom. The molecule has 0 N–H and O–H groups in total. The molecule has 0 saturated carbocycles. The van der Waals surface area contributed by atoms with Gasteiger partial charge in [0.05, 0.1) is 9.80 Å². The number of benzene rings is 1. The molecule has 0 unspecified atom stereocenters. The Morgan fingerprint density at radius 2 is 1.69 bits per heavy atom. The lowest BCUT2D eigenvalue weighted by Gasteiger charge is -2.09. The van der Waals surface area contributed by atoms with E-state index in [-0.39, 0.29) is 0 Å². The average molecular weight is 259 g/mol. The molecule has 88 valence electrons. The summed E-state index contributed by atoms with van der Waals surface area (Å²) in [4.78, 5) is 0.626. The number of sulfone groups is 1. The second-order valence-electron chi connectivity index (χ2n) is 3.35. The average Bonchev–Trinajstić information content (AvgIpc) is 2.30. The largest absolute Gasteiger partial charge is 0.219 e. The molecule has 0 radical (unpaired) electrons.